The molecule has 0 aromatic rings. The van der Waals surface area contributed by atoms with E-state index in [0.29, 0.717) is 18.9 Å². The van der Waals surface area contributed by atoms with Crippen LogP contribution in [-0.4, -0.2) is 12.6 Å². The molecule has 0 saturated carbocycles. The number of hydrogen-bond donors (Lipinski definition) is 0. The molecular formula is C15H26O2. The second-order valence-electron chi connectivity index (χ2n) is 5.10. The summed E-state index contributed by atoms with van der Waals surface area (Å²) in [5, 5.41) is 0. The molecule has 0 bridgehead atoms. The molecule has 98 valence electrons. The van der Waals surface area contributed by atoms with Gasteiger partial charge in [-0.05, 0) is 19.3 Å². The first-order chi connectivity index (χ1) is 8.29. The molecule has 0 saturated heterocycles. The van der Waals surface area contributed by atoms with Crippen molar-refractivity contribution in [3.8, 4) is 0 Å². The Bertz CT molecular complexity index is 233. The molecule has 2 heteroatoms. The van der Waals surface area contributed by atoms with Crippen LogP contribution in [-0.2, 0) is 9.53 Å². The fourth-order valence-corrected chi connectivity index (χ4v) is 2.10. The summed E-state index contributed by atoms with van der Waals surface area (Å²) in [4.78, 5) is 11.4. The molecule has 0 fully saturated rings. The maximum Gasteiger partial charge on any atom is 0.305 e. The maximum atomic E-state index is 11.4. The fraction of sp³-hybridized carbons (Fsp3) is 0.800. The Kier molecular flexibility index (Phi) is 7.78. The van der Waals surface area contributed by atoms with Crippen LogP contribution in [0, 0.1) is 5.92 Å². The SMILES string of the molecule is CC1C=CCCCCCCCCCC(=O)OC1. The van der Waals surface area contributed by atoms with Gasteiger partial charge in [0.25, 0.3) is 0 Å². The second kappa shape index (κ2) is 9.26. The predicted octanol–water partition coefficient (Wildman–Crippen LogP) is 4.25. The van der Waals surface area contributed by atoms with E-state index >= 15 is 0 Å². The number of hydrogen-bond acceptors (Lipinski definition) is 2. The molecule has 1 unspecified atom stereocenters. The third-order valence-electron chi connectivity index (χ3n) is 3.22. The molecule has 1 heterocycles. The van der Waals surface area contributed by atoms with Crippen LogP contribution in [0.1, 0.15) is 64.7 Å². The van der Waals surface area contributed by atoms with Crippen LogP contribution in [0.25, 0.3) is 0 Å². The lowest BCUT2D eigenvalue weighted by atomic mass is 10.1. The van der Waals surface area contributed by atoms with Crippen molar-refractivity contribution in [2.45, 2.75) is 64.7 Å². The van der Waals surface area contributed by atoms with Crippen molar-refractivity contribution >= 4 is 5.97 Å². The van der Waals surface area contributed by atoms with Gasteiger partial charge in [0.2, 0.25) is 0 Å². The lowest BCUT2D eigenvalue weighted by Gasteiger charge is -2.08. The topological polar surface area (TPSA) is 26.3 Å². The number of carbonyl (C=O) groups excluding carboxylic acids is 1. The van der Waals surface area contributed by atoms with Crippen LogP contribution in [0.5, 0.6) is 0 Å². The van der Waals surface area contributed by atoms with Crippen LogP contribution in [0.3, 0.4) is 0 Å². The van der Waals surface area contributed by atoms with Crippen molar-refractivity contribution in [1.29, 1.82) is 0 Å². The summed E-state index contributed by atoms with van der Waals surface area (Å²) in [5.74, 6) is 0.323. The van der Waals surface area contributed by atoms with Gasteiger partial charge in [0, 0.05) is 12.3 Å². The highest BCUT2D eigenvalue weighted by Gasteiger charge is 2.05. The summed E-state index contributed by atoms with van der Waals surface area (Å²) in [7, 11) is 0. The van der Waals surface area contributed by atoms with Crippen LogP contribution in [0.15, 0.2) is 12.2 Å². The van der Waals surface area contributed by atoms with Gasteiger partial charge < -0.3 is 4.74 Å². The van der Waals surface area contributed by atoms with Gasteiger partial charge in [-0.1, -0.05) is 51.2 Å². The van der Waals surface area contributed by atoms with Crippen molar-refractivity contribution in [3.63, 3.8) is 0 Å². The van der Waals surface area contributed by atoms with Crippen molar-refractivity contribution in [2.75, 3.05) is 6.61 Å². The predicted molar refractivity (Wildman–Crippen MR) is 70.8 cm³/mol. The molecule has 0 aliphatic carbocycles. The van der Waals surface area contributed by atoms with E-state index in [9.17, 15) is 4.79 Å². The van der Waals surface area contributed by atoms with Gasteiger partial charge >= 0.3 is 5.97 Å². The van der Waals surface area contributed by atoms with E-state index < -0.39 is 0 Å². The normalized spacial score (nSPS) is 25.7. The first kappa shape index (κ1) is 14.3. The van der Waals surface area contributed by atoms with Gasteiger partial charge in [-0.15, -0.1) is 0 Å². The second-order valence-corrected chi connectivity index (χ2v) is 5.10. The molecule has 0 radical (unpaired) electrons. The summed E-state index contributed by atoms with van der Waals surface area (Å²) in [6.07, 6.45) is 14.9. The zero-order chi connectivity index (χ0) is 12.3. The van der Waals surface area contributed by atoms with Gasteiger partial charge in [-0.3, -0.25) is 4.79 Å². The summed E-state index contributed by atoms with van der Waals surface area (Å²) in [6.45, 7) is 2.64. The molecule has 0 aromatic heterocycles. The van der Waals surface area contributed by atoms with Crippen molar-refractivity contribution in [2.24, 2.45) is 5.92 Å². The Morgan fingerprint density at radius 2 is 1.71 bits per heavy atom. The van der Waals surface area contributed by atoms with E-state index in [1.165, 1.54) is 38.5 Å². The molecule has 0 N–H and O–H groups in total. The van der Waals surface area contributed by atoms with Crippen LogP contribution in [0.4, 0.5) is 0 Å². The zero-order valence-electron chi connectivity index (χ0n) is 11.1. The number of ether oxygens (including phenoxy) is 1. The molecule has 1 atom stereocenters. The molecule has 0 amide bonds. The van der Waals surface area contributed by atoms with Gasteiger partial charge in [0.15, 0.2) is 0 Å². The largest absolute Gasteiger partial charge is 0.465 e. The quantitative estimate of drug-likeness (QED) is 0.466. The van der Waals surface area contributed by atoms with Gasteiger partial charge in [0.1, 0.15) is 0 Å². The Hall–Kier alpha value is -0.790. The first-order valence-electron chi connectivity index (χ1n) is 7.11. The monoisotopic (exact) mass is 238 g/mol. The number of esters is 1. The molecule has 0 spiro atoms. The molecule has 0 aromatic carbocycles. The Morgan fingerprint density at radius 1 is 1.06 bits per heavy atom. The number of rotatable bonds is 0. The van der Waals surface area contributed by atoms with Crippen molar-refractivity contribution in [3.05, 3.63) is 12.2 Å². The van der Waals surface area contributed by atoms with Crippen LogP contribution < -0.4 is 0 Å². The standard InChI is InChI=1S/C15H26O2/c1-14-11-9-7-5-3-2-4-6-8-10-12-15(16)17-13-14/h9,11,14H,2-8,10,12-13H2,1H3. The average Bonchev–Trinajstić information content (AvgIpc) is 2.33. The van der Waals surface area contributed by atoms with E-state index in [2.05, 4.69) is 19.1 Å². The molecular weight excluding hydrogens is 212 g/mol. The van der Waals surface area contributed by atoms with Crippen molar-refractivity contribution < 1.29 is 9.53 Å². The smallest absolute Gasteiger partial charge is 0.305 e. The average molecular weight is 238 g/mol. The molecule has 1 aliphatic heterocycles. The zero-order valence-corrected chi connectivity index (χ0v) is 11.1. The van der Waals surface area contributed by atoms with E-state index in [1.54, 1.807) is 0 Å². The number of allylic oxidation sites excluding steroid dienone is 1. The van der Waals surface area contributed by atoms with Gasteiger partial charge in [-0.2, -0.15) is 0 Å². The highest BCUT2D eigenvalue weighted by molar-refractivity contribution is 5.69. The summed E-state index contributed by atoms with van der Waals surface area (Å²) >= 11 is 0. The molecule has 17 heavy (non-hydrogen) atoms. The van der Waals surface area contributed by atoms with Crippen molar-refractivity contribution in [1.82, 2.24) is 0 Å². The first-order valence-corrected chi connectivity index (χ1v) is 7.11. The lowest BCUT2D eigenvalue weighted by Crippen LogP contribution is -2.10. The highest BCUT2D eigenvalue weighted by Crippen LogP contribution is 2.12. The van der Waals surface area contributed by atoms with Gasteiger partial charge in [0.05, 0.1) is 6.61 Å². The Morgan fingerprint density at radius 3 is 2.47 bits per heavy atom. The van der Waals surface area contributed by atoms with E-state index in [0.717, 1.165) is 12.8 Å². The molecule has 2 nitrogen and oxygen atoms in total. The van der Waals surface area contributed by atoms with Crippen LogP contribution >= 0.6 is 0 Å². The summed E-state index contributed by atoms with van der Waals surface area (Å²) < 4.78 is 5.24. The minimum absolute atomic E-state index is 0.0277. The van der Waals surface area contributed by atoms with Crippen LogP contribution in [0.2, 0.25) is 0 Å². The Balaban J connectivity index is 2.31. The van der Waals surface area contributed by atoms with E-state index in [-0.39, 0.29) is 5.97 Å². The van der Waals surface area contributed by atoms with E-state index in [1.807, 2.05) is 0 Å². The third-order valence-corrected chi connectivity index (χ3v) is 3.22. The third kappa shape index (κ3) is 8.00. The molecule has 1 aliphatic rings. The minimum atomic E-state index is -0.0277. The highest BCUT2D eigenvalue weighted by atomic mass is 16.5. The van der Waals surface area contributed by atoms with Gasteiger partial charge in [-0.25, -0.2) is 0 Å². The maximum absolute atomic E-state index is 11.4. The lowest BCUT2D eigenvalue weighted by molar-refractivity contribution is -0.144. The summed E-state index contributed by atoms with van der Waals surface area (Å²) in [5.41, 5.74) is 0. The fourth-order valence-electron chi connectivity index (χ4n) is 2.10. The summed E-state index contributed by atoms with van der Waals surface area (Å²) in [6, 6.07) is 0. The Labute approximate surface area is 105 Å². The minimum Gasteiger partial charge on any atom is -0.465 e. The number of cyclic esters (lactones) is 1. The number of carbonyl (C=O) groups is 1. The molecule has 1 rings (SSSR count). The van der Waals surface area contributed by atoms with E-state index in [4.69, 9.17) is 4.74 Å².